The smallest absolute Gasteiger partial charge is 0.310 e. The first kappa shape index (κ1) is 16.9. The largest absolute Gasteiger partial charge is 0.487 e. The van der Waals surface area contributed by atoms with E-state index in [1.54, 1.807) is 19.1 Å². The molecular formula is C15H21NO5. The molecule has 0 aliphatic heterocycles. The Morgan fingerprint density at radius 2 is 2.05 bits per heavy atom. The topological polar surface area (TPSA) is 78.7 Å². The second kappa shape index (κ2) is 8.94. The van der Waals surface area contributed by atoms with Crippen molar-refractivity contribution >= 4 is 11.7 Å². The van der Waals surface area contributed by atoms with Gasteiger partial charge in [0.2, 0.25) is 0 Å². The molecule has 1 aromatic rings. The summed E-state index contributed by atoms with van der Waals surface area (Å²) in [4.78, 5) is 21.6. The van der Waals surface area contributed by atoms with E-state index in [0.717, 1.165) is 24.8 Å². The van der Waals surface area contributed by atoms with Crippen molar-refractivity contribution < 1.29 is 19.2 Å². The number of unbranched alkanes of at least 4 members (excludes halogenated alkanes) is 2. The number of hydrogen-bond donors (Lipinski definition) is 0. The van der Waals surface area contributed by atoms with Gasteiger partial charge >= 0.3 is 11.7 Å². The molecule has 116 valence electrons. The van der Waals surface area contributed by atoms with Crippen molar-refractivity contribution in [2.24, 2.45) is 0 Å². The van der Waals surface area contributed by atoms with E-state index in [1.165, 1.54) is 6.07 Å². The third-order valence-corrected chi connectivity index (χ3v) is 2.90. The van der Waals surface area contributed by atoms with Crippen molar-refractivity contribution in [1.82, 2.24) is 0 Å². The molecule has 0 aliphatic carbocycles. The number of ether oxygens (including phenoxy) is 2. The molecule has 0 heterocycles. The fourth-order valence-electron chi connectivity index (χ4n) is 1.85. The highest BCUT2D eigenvalue weighted by atomic mass is 16.6. The average molecular weight is 295 g/mol. The van der Waals surface area contributed by atoms with Gasteiger partial charge in [-0.15, -0.1) is 0 Å². The van der Waals surface area contributed by atoms with Crippen LogP contribution in [0.2, 0.25) is 0 Å². The lowest BCUT2D eigenvalue weighted by Gasteiger charge is -2.07. The van der Waals surface area contributed by atoms with Crippen LogP contribution in [0.4, 0.5) is 5.69 Å². The van der Waals surface area contributed by atoms with Crippen LogP contribution in [0, 0.1) is 17.0 Å². The van der Waals surface area contributed by atoms with E-state index in [-0.39, 0.29) is 11.7 Å². The van der Waals surface area contributed by atoms with E-state index in [4.69, 9.17) is 9.47 Å². The average Bonchev–Trinajstić information content (AvgIpc) is 2.42. The molecule has 0 N–H and O–H groups in total. The summed E-state index contributed by atoms with van der Waals surface area (Å²) in [6.07, 6.45) is 2.69. The minimum absolute atomic E-state index is 0.0212. The van der Waals surface area contributed by atoms with E-state index in [0.29, 0.717) is 25.4 Å². The SMILES string of the molecule is CCOC(=O)CCCCCOc1cc(C)ccc1[N+](=O)[O-]. The summed E-state index contributed by atoms with van der Waals surface area (Å²) < 4.78 is 10.3. The van der Waals surface area contributed by atoms with Gasteiger partial charge in [-0.05, 0) is 44.7 Å². The highest BCUT2D eigenvalue weighted by Gasteiger charge is 2.14. The number of nitrogens with zero attached hydrogens (tertiary/aromatic N) is 1. The zero-order valence-corrected chi connectivity index (χ0v) is 12.5. The van der Waals surface area contributed by atoms with E-state index in [1.807, 2.05) is 6.92 Å². The summed E-state index contributed by atoms with van der Waals surface area (Å²) in [6.45, 7) is 4.43. The lowest BCUT2D eigenvalue weighted by Crippen LogP contribution is -2.04. The standard InChI is InChI=1S/C15H21NO5/c1-3-20-15(17)7-5-4-6-10-21-14-11-12(2)8-9-13(14)16(18)19/h8-9,11H,3-7,10H2,1-2H3. The molecule has 0 atom stereocenters. The van der Waals surface area contributed by atoms with E-state index >= 15 is 0 Å². The number of benzene rings is 1. The van der Waals surface area contributed by atoms with Gasteiger partial charge in [0.15, 0.2) is 5.75 Å². The van der Waals surface area contributed by atoms with Gasteiger partial charge in [0.05, 0.1) is 18.1 Å². The highest BCUT2D eigenvalue weighted by Crippen LogP contribution is 2.27. The molecule has 0 bridgehead atoms. The minimum atomic E-state index is -0.449. The van der Waals surface area contributed by atoms with Gasteiger partial charge in [-0.1, -0.05) is 6.07 Å². The molecule has 0 radical (unpaired) electrons. The molecule has 0 saturated heterocycles. The summed E-state index contributed by atoms with van der Waals surface area (Å²) in [5, 5.41) is 10.9. The summed E-state index contributed by atoms with van der Waals surface area (Å²) in [6, 6.07) is 4.80. The molecule has 0 aliphatic rings. The van der Waals surface area contributed by atoms with Crippen molar-refractivity contribution in [3.8, 4) is 5.75 Å². The third kappa shape index (κ3) is 6.25. The molecule has 1 aromatic carbocycles. The molecule has 6 heteroatoms. The second-order valence-corrected chi connectivity index (χ2v) is 4.69. The first-order valence-electron chi connectivity index (χ1n) is 7.08. The molecule has 0 spiro atoms. The molecule has 0 aromatic heterocycles. The van der Waals surface area contributed by atoms with Gasteiger partial charge in [0, 0.05) is 12.5 Å². The molecule has 0 unspecified atom stereocenters. The molecule has 1 rings (SSSR count). The third-order valence-electron chi connectivity index (χ3n) is 2.90. The molecule has 0 fully saturated rings. The fourth-order valence-corrected chi connectivity index (χ4v) is 1.85. The Hall–Kier alpha value is -2.11. The maximum atomic E-state index is 11.1. The van der Waals surface area contributed by atoms with Crippen molar-refractivity contribution in [3.63, 3.8) is 0 Å². The normalized spacial score (nSPS) is 10.2. The summed E-state index contributed by atoms with van der Waals surface area (Å²) in [7, 11) is 0. The van der Waals surface area contributed by atoms with Gasteiger partial charge < -0.3 is 9.47 Å². The Morgan fingerprint density at radius 1 is 1.29 bits per heavy atom. The first-order chi connectivity index (χ1) is 10.0. The Bertz CT molecular complexity index is 487. The zero-order chi connectivity index (χ0) is 15.7. The first-order valence-corrected chi connectivity index (χ1v) is 7.08. The number of nitro benzene ring substituents is 1. The molecular weight excluding hydrogens is 274 g/mol. The van der Waals surface area contributed by atoms with Crippen molar-refractivity contribution in [2.45, 2.75) is 39.5 Å². The van der Waals surface area contributed by atoms with Gasteiger partial charge in [-0.3, -0.25) is 14.9 Å². The van der Waals surface area contributed by atoms with E-state index < -0.39 is 4.92 Å². The van der Waals surface area contributed by atoms with E-state index in [2.05, 4.69) is 0 Å². The van der Waals surface area contributed by atoms with Gasteiger partial charge in [-0.25, -0.2) is 0 Å². The van der Waals surface area contributed by atoms with Crippen molar-refractivity contribution in [1.29, 1.82) is 0 Å². The Kier molecular flexibility index (Phi) is 7.21. The van der Waals surface area contributed by atoms with Crippen LogP contribution < -0.4 is 4.74 Å². The monoisotopic (exact) mass is 295 g/mol. The fraction of sp³-hybridized carbons (Fsp3) is 0.533. The lowest BCUT2D eigenvalue weighted by molar-refractivity contribution is -0.385. The molecule has 0 amide bonds. The summed E-state index contributed by atoms with van der Waals surface area (Å²) >= 11 is 0. The minimum Gasteiger partial charge on any atom is -0.487 e. The highest BCUT2D eigenvalue weighted by molar-refractivity contribution is 5.69. The molecule has 6 nitrogen and oxygen atoms in total. The zero-order valence-electron chi connectivity index (χ0n) is 12.5. The van der Waals surface area contributed by atoms with Crippen LogP contribution in [0.1, 0.15) is 38.2 Å². The van der Waals surface area contributed by atoms with Crippen molar-refractivity contribution in [2.75, 3.05) is 13.2 Å². The number of hydrogen-bond acceptors (Lipinski definition) is 5. The van der Waals surface area contributed by atoms with Gasteiger partial charge in [-0.2, -0.15) is 0 Å². The van der Waals surface area contributed by atoms with Crippen LogP contribution in [0.5, 0.6) is 5.75 Å². The lowest BCUT2D eigenvalue weighted by atomic mass is 10.2. The Morgan fingerprint density at radius 3 is 2.71 bits per heavy atom. The Balaban J connectivity index is 2.31. The number of carbonyl (C=O) groups excluding carboxylic acids is 1. The van der Waals surface area contributed by atoms with Crippen LogP contribution >= 0.6 is 0 Å². The van der Waals surface area contributed by atoms with Crippen LogP contribution in [0.25, 0.3) is 0 Å². The molecule has 0 saturated carbocycles. The van der Waals surface area contributed by atoms with Crippen LogP contribution in [0.15, 0.2) is 18.2 Å². The van der Waals surface area contributed by atoms with E-state index in [9.17, 15) is 14.9 Å². The number of nitro groups is 1. The van der Waals surface area contributed by atoms with Crippen molar-refractivity contribution in [3.05, 3.63) is 33.9 Å². The predicted molar refractivity (Wildman–Crippen MR) is 78.4 cm³/mol. The van der Waals surface area contributed by atoms with Gasteiger partial charge in [0.25, 0.3) is 0 Å². The maximum Gasteiger partial charge on any atom is 0.310 e. The van der Waals surface area contributed by atoms with Gasteiger partial charge in [0.1, 0.15) is 0 Å². The Labute approximate surface area is 124 Å². The quantitative estimate of drug-likeness (QED) is 0.302. The number of aryl methyl sites for hydroxylation is 1. The number of carbonyl (C=O) groups is 1. The number of esters is 1. The van der Waals surface area contributed by atoms with Crippen LogP contribution in [-0.4, -0.2) is 24.1 Å². The summed E-state index contributed by atoms with van der Waals surface area (Å²) in [5.41, 5.74) is 0.894. The second-order valence-electron chi connectivity index (χ2n) is 4.69. The number of rotatable bonds is 9. The maximum absolute atomic E-state index is 11.1. The van der Waals surface area contributed by atoms with Crippen LogP contribution in [-0.2, 0) is 9.53 Å². The predicted octanol–water partition coefficient (Wildman–Crippen LogP) is 3.41. The van der Waals surface area contributed by atoms with Crippen LogP contribution in [0.3, 0.4) is 0 Å². The summed E-state index contributed by atoms with van der Waals surface area (Å²) in [5.74, 6) is 0.109. The molecule has 21 heavy (non-hydrogen) atoms.